The SMILES string of the molecule is Cl.O=C(Oc1cccnc1)c1ccco1. The van der Waals surface area contributed by atoms with E-state index < -0.39 is 5.97 Å². The lowest BCUT2D eigenvalue weighted by Crippen LogP contribution is -2.06. The number of nitrogens with zero attached hydrogens (tertiary/aromatic N) is 1. The Balaban J connectivity index is 0.00000112. The Kier molecular flexibility index (Phi) is 3.88. The van der Waals surface area contributed by atoms with Crippen LogP contribution in [0.2, 0.25) is 0 Å². The van der Waals surface area contributed by atoms with Crippen molar-refractivity contribution in [3.8, 4) is 5.75 Å². The highest BCUT2D eigenvalue weighted by Gasteiger charge is 2.10. The molecule has 2 rings (SSSR count). The van der Waals surface area contributed by atoms with Gasteiger partial charge in [0.1, 0.15) is 5.75 Å². The van der Waals surface area contributed by atoms with E-state index in [-0.39, 0.29) is 18.2 Å². The molecule has 2 aromatic heterocycles. The molecule has 0 saturated heterocycles. The maximum absolute atomic E-state index is 11.3. The summed E-state index contributed by atoms with van der Waals surface area (Å²) in [7, 11) is 0. The number of halogens is 1. The van der Waals surface area contributed by atoms with Gasteiger partial charge in [-0.1, -0.05) is 0 Å². The number of esters is 1. The van der Waals surface area contributed by atoms with Crippen LogP contribution in [0, 0.1) is 0 Å². The summed E-state index contributed by atoms with van der Waals surface area (Å²) in [4.78, 5) is 15.1. The molecule has 0 radical (unpaired) electrons. The predicted octanol–water partition coefficient (Wildman–Crippen LogP) is 2.32. The van der Waals surface area contributed by atoms with E-state index in [9.17, 15) is 4.79 Å². The fourth-order valence-corrected chi connectivity index (χ4v) is 0.960. The van der Waals surface area contributed by atoms with Crippen LogP contribution >= 0.6 is 12.4 Å². The minimum atomic E-state index is -0.525. The van der Waals surface area contributed by atoms with Crippen molar-refractivity contribution in [1.82, 2.24) is 4.98 Å². The molecule has 4 nitrogen and oxygen atoms in total. The minimum absolute atomic E-state index is 0. The van der Waals surface area contributed by atoms with Crippen LogP contribution < -0.4 is 4.74 Å². The van der Waals surface area contributed by atoms with E-state index in [2.05, 4.69) is 4.98 Å². The quantitative estimate of drug-likeness (QED) is 0.736. The molecule has 15 heavy (non-hydrogen) atoms. The average molecular weight is 226 g/mol. The van der Waals surface area contributed by atoms with Crippen molar-refractivity contribution in [1.29, 1.82) is 0 Å². The number of furan rings is 1. The summed E-state index contributed by atoms with van der Waals surface area (Å²) in [6.07, 6.45) is 4.48. The van der Waals surface area contributed by atoms with Gasteiger partial charge in [-0.25, -0.2) is 4.79 Å². The van der Waals surface area contributed by atoms with Crippen molar-refractivity contribution in [2.75, 3.05) is 0 Å². The number of carbonyl (C=O) groups is 1. The molecule has 0 amide bonds. The zero-order chi connectivity index (χ0) is 9.80. The number of hydrogen-bond donors (Lipinski definition) is 0. The van der Waals surface area contributed by atoms with Crippen molar-refractivity contribution < 1.29 is 13.9 Å². The monoisotopic (exact) mass is 225 g/mol. The Bertz CT molecular complexity index is 413. The number of ether oxygens (including phenoxy) is 1. The lowest BCUT2D eigenvalue weighted by atomic mass is 10.4. The first kappa shape index (κ1) is 11.3. The molecule has 0 aliphatic heterocycles. The molecule has 0 fully saturated rings. The van der Waals surface area contributed by atoms with E-state index in [1.807, 2.05) is 0 Å². The molecule has 0 bridgehead atoms. The summed E-state index contributed by atoms with van der Waals surface area (Å²) >= 11 is 0. The first-order valence-electron chi connectivity index (χ1n) is 4.02. The van der Waals surface area contributed by atoms with E-state index in [1.54, 1.807) is 30.5 Å². The van der Waals surface area contributed by atoms with E-state index >= 15 is 0 Å². The lowest BCUT2D eigenvalue weighted by molar-refractivity contribution is 0.0701. The third kappa shape index (κ3) is 2.82. The molecule has 0 unspecified atom stereocenters. The van der Waals surface area contributed by atoms with Gasteiger partial charge in [-0.3, -0.25) is 4.98 Å². The fraction of sp³-hybridized carbons (Fsp3) is 0. The van der Waals surface area contributed by atoms with Crippen molar-refractivity contribution in [3.05, 3.63) is 48.7 Å². The Hall–Kier alpha value is -1.81. The molecule has 2 aromatic rings. The molecule has 0 aliphatic carbocycles. The highest BCUT2D eigenvalue weighted by atomic mass is 35.5. The van der Waals surface area contributed by atoms with Gasteiger partial charge in [0, 0.05) is 6.20 Å². The average Bonchev–Trinajstić information content (AvgIpc) is 2.72. The number of hydrogen-bond acceptors (Lipinski definition) is 4. The molecule has 0 saturated carbocycles. The standard InChI is InChI=1S/C10H7NO3.ClH/c12-10(9-4-2-6-13-9)14-8-3-1-5-11-7-8;/h1-7H;1H. The van der Waals surface area contributed by atoms with Gasteiger partial charge in [-0.15, -0.1) is 12.4 Å². The Morgan fingerprint density at radius 2 is 2.20 bits per heavy atom. The zero-order valence-electron chi connectivity index (χ0n) is 7.62. The summed E-state index contributed by atoms with van der Waals surface area (Å²) < 4.78 is 9.84. The minimum Gasteiger partial charge on any atom is -0.457 e. The first-order valence-corrected chi connectivity index (χ1v) is 4.02. The van der Waals surface area contributed by atoms with E-state index in [0.717, 1.165) is 0 Å². The molecular formula is C10H8ClNO3. The molecule has 0 aliphatic rings. The predicted molar refractivity (Wildman–Crippen MR) is 55.2 cm³/mol. The summed E-state index contributed by atoms with van der Waals surface area (Å²) in [5.74, 6) is 0.0470. The molecule has 0 N–H and O–H groups in total. The third-order valence-corrected chi connectivity index (χ3v) is 1.57. The molecular weight excluding hydrogens is 218 g/mol. The molecule has 0 aromatic carbocycles. The fourth-order valence-electron chi connectivity index (χ4n) is 0.960. The second-order valence-electron chi connectivity index (χ2n) is 2.56. The van der Waals surface area contributed by atoms with Crippen molar-refractivity contribution in [2.45, 2.75) is 0 Å². The van der Waals surface area contributed by atoms with Gasteiger partial charge in [0.05, 0.1) is 12.5 Å². The van der Waals surface area contributed by atoms with Crippen LogP contribution in [0.25, 0.3) is 0 Å². The second kappa shape index (κ2) is 5.17. The lowest BCUT2D eigenvalue weighted by Gasteiger charge is -1.99. The summed E-state index contributed by atoms with van der Waals surface area (Å²) in [5.41, 5.74) is 0. The van der Waals surface area contributed by atoms with Crippen molar-refractivity contribution >= 4 is 18.4 Å². The van der Waals surface area contributed by atoms with Gasteiger partial charge in [0.25, 0.3) is 0 Å². The van der Waals surface area contributed by atoms with Gasteiger partial charge in [0.15, 0.2) is 0 Å². The molecule has 5 heteroatoms. The van der Waals surface area contributed by atoms with Crippen LogP contribution in [0.1, 0.15) is 10.6 Å². The van der Waals surface area contributed by atoms with Gasteiger partial charge in [-0.05, 0) is 24.3 Å². The Labute approximate surface area is 92.3 Å². The van der Waals surface area contributed by atoms with Crippen LogP contribution in [0.5, 0.6) is 5.75 Å². The second-order valence-corrected chi connectivity index (χ2v) is 2.56. The Morgan fingerprint density at radius 3 is 2.80 bits per heavy atom. The van der Waals surface area contributed by atoms with Crippen LogP contribution in [-0.4, -0.2) is 11.0 Å². The van der Waals surface area contributed by atoms with E-state index in [4.69, 9.17) is 9.15 Å². The normalized spacial score (nSPS) is 9.07. The largest absolute Gasteiger partial charge is 0.457 e. The molecule has 0 spiro atoms. The number of carbonyl (C=O) groups excluding carboxylic acids is 1. The molecule has 2 heterocycles. The zero-order valence-corrected chi connectivity index (χ0v) is 8.44. The van der Waals surface area contributed by atoms with E-state index in [0.29, 0.717) is 5.75 Å². The highest BCUT2D eigenvalue weighted by molar-refractivity contribution is 5.87. The Morgan fingerprint density at radius 1 is 1.33 bits per heavy atom. The van der Waals surface area contributed by atoms with Crippen molar-refractivity contribution in [2.24, 2.45) is 0 Å². The van der Waals surface area contributed by atoms with Crippen LogP contribution in [0.4, 0.5) is 0 Å². The topological polar surface area (TPSA) is 52.3 Å². The maximum Gasteiger partial charge on any atom is 0.379 e. The molecule has 78 valence electrons. The number of rotatable bonds is 2. The van der Waals surface area contributed by atoms with Crippen LogP contribution in [-0.2, 0) is 0 Å². The number of pyridine rings is 1. The van der Waals surface area contributed by atoms with Gasteiger partial charge in [-0.2, -0.15) is 0 Å². The summed E-state index contributed by atoms with van der Waals surface area (Å²) in [6, 6.07) is 6.50. The number of aromatic nitrogens is 1. The molecule has 0 atom stereocenters. The van der Waals surface area contributed by atoms with Gasteiger partial charge >= 0.3 is 5.97 Å². The maximum atomic E-state index is 11.3. The van der Waals surface area contributed by atoms with Gasteiger partial charge in [0.2, 0.25) is 5.76 Å². The smallest absolute Gasteiger partial charge is 0.379 e. The summed E-state index contributed by atoms with van der Waals surface area (Å²) in [6.45, 7) is 0. The van der Waals surface area contributed by atoms with Crippen LogP contribution in [0.15, 0.2) is 47.3 Å². The third-order valence-electron chi connectivity index (χ3n) is 1.57. The summed E-state index contributed by atoms with van der Waals surface area (Å²) in [5, 5.41) is 0. The highest BCUT2D eigenvalue weighted by Crippen LogP contribution is 2.10. The first-order chi connectivity index (χ1) is 6.86. The van der Waals surface area contributed by atoms with Crippen molar-refractivity contribution in [3.63, 3.8) is 0 Å². The van der Waals surface area contributed by atoms with E-state index in [1.165, 1.54) is 12.5 Å². The van der Waals surface area contributed by atoms with Crippen LogP contribution in [0.3, 0.4) is 0 Å². The van der Waals surface area contributed by atoms with Gasteiger partial charge < -0.3 is 9.15 Å².